The minimum atomic E-state index is -0.541. The minimum Gasteiger partial charge on any atom is -0.507 e. The molecule has 2 heterocycles. The number of rotatable bonds is 2. The number of benzene rings is 1. The molecule has 1 saturated heterocycles. The molecule has 1 aromatic heterocycles. The maximum atomic E-state index is 12.8. The number of β-amino-alcohol motifs (C(OH)–C–C–N with tert-alkyl or cyclic N) is 1. The standard InChI is InChI=1S/C22H25NO4/c1-13-5-3-4-6-14(13)20-11-18(25)21-17(24)8-7-16(22(21)27-20)15-9-10-23(2)12-19(15)26/h4,6-8,11,15,19,24,26H,3,5,9-10,12H2,1-2H3. The topological polar surface area (TPSA) is 73.9 Å². The summed E-state index contributed by atoms with van der Waals surface area (Å²) in [6.45, 7) is 3.48. The Morgan fingerprint density at radius 1 is 1.30 bits per heavy atom. The van der Waals surface area contributed by atoms with E-state index in [9.17, 15) is 15.0 Å². The van der Waals surface area contributed by atoms with Gasteiger partial charge in [0, 0.05) is 29.7 Å². The highest BCUT2D eigenvalue weighted by Gasteiger charge is 2.30. The quantitative estimate of drug-likeness (QED) is 0.851. The molecule has 142 valence electrons. The lowest BCUT2D eigenvalue weighted by molar-refractivity contribution is 0.0639. The van der Waals surface area contributed by atoms with Crippen molar-refractivity contribution in [2.24, 2.45) is 0 Å². The fourth-order valence-electron chi connectivity index (χ4n) is 4.21. The van der Waals surface area contributed by atoms with E-state index < -0.39 is 6.10 Å². The number of aliphatic hydroxyl groups excluding tert-OH is 1. The highest BCUT2D eigenvalue weighted by atomic mass is 16.3. The smallest absolute Gasteiger partial charge is 0.197 e. The molecule has 0 bridgehead atoms. The van der Waals surface area contributed by atoms with Gasteiger partial charge in [-0.1, -0.05) is 23.8 Å². The Labute approximate surface area is 158 Å². The predicted molar refractivity (Wildman–Crippen MR) is 106 cm³/mol. The zero-order chi connectivity index (χ0) is 19.1. The van der Waals surface area contributed by atoms with Crippen molar-refractivity contribution in [1.29, 1.82) is 0 Å². The first-order valence-corrected chi connectivity index (χ1v) is 9.48. The van der Waals surface area contributed by atoms with E-state index in [1.807, 2.05) is 20.0 Å². The Hall–Kier alpha value is -2.37. The molecule has 2 unspecified atom stereocenters. The summed E-state index contributed by atoms with van der Waals surface area (Å²) in [6, 6.07) is 4.78. The fourth-order valence-corrected chi connectivity index (χ4v) is 4.21. The number of likely N-dealkylation sites (tertiary alicyclic amines) is 1. The molecule has 5 nitrogen and oxygen atoms in total. The number of phenols is 1. The maximum Gasteiger partial charge on any atom is 0.197 e. The van der Waals surface area contributed by atoms with Crippen molar-refractivity contribution in [3.8, 4) is 5.75 Å². The van der Waals surface area contributed by atoms with Crippen LogP contribution < -0.4 is 5.43 Å². The monoisotopic (exact) mass is 367 g/mol. The summed E-state index contributed by atoms with van der Waals surface area (Å²) < 4.78 is 6.20. The summed E-state index contributed by atoms with van der Waals surface area (Å²) in [4.78, 5) is 14.9. The molecule has 0 amide bonds. The number of hydrogen-bond donors (Lipinski definition) is 2. The third kappa shape index (κ3) is 3.22. The van der Waals surface area contributed by atoms with E-state index in [4.69, 9.17) is 4.42 Å². The Morgan fingerprint density at radius 3 is 2.85 bits per heavy atom. The molecule has 2 N–H and O–H groups in total. The van der Waals surface area contributed by atoms with Crippen LogP contribution in [0.4, 0.5) is 0 Å². The van der Waals surface area contributed by atoms with Crippen LogP contribution in [-0.2, 0) is 0 Å². The lowest BCUT2D eigenvalue weighted by Gasteiger charge is -2.34. The van der Waals surface area contributed by atoms with Crippen molar-refractivity contribution in [2.45, 2.75) is 38.2 Å². The van der Waals surface area contributed by atoms with Gasteiger partial charge in [0.25, 0.3) is 0 Å². The van der Waals surface area contributed by atoms with Crippen molar-refractivity contribution >= 4 is 16.5 Å². The van der Waals surface area contributed by atoms with Crippen LogP contribution >= 0.6 is 0 Å². The first-order chi connectivity index (χ1) is 13.0. The Kier molecular flexibility index (Phi) is 4.66. The number of aromatic hydroxyl groups is 1. The molecule has 5 heteroatoms. The van der Waals surface area contributed by atoms with Gasteiger partial charge in [0.15, 0.2) is 5.43 Å². The zero-order valence-electron chi connectivity index (χ0n) is 15.7. The first-order valence-electron chi connectivity index (χ1n) is 9.48. The molecule has 1 aromatic carbocycles. The van der Waals surface area contributed by atoms with Crippen LogP contribution in [0.2, 0.25) is 0 Å². The third-order valence-electron chi connectivity index (χ3n) is 5.77. The van der Waals surface area contributed by atoms with Gasteiger partial charge in [-0.25, -0.2) is 0 Å². The van der Waals surface area contributed by atoms with E-state index in [1.165, 1.54) is 17.7 Å². The van der Waals surface area contributed by atoms with E-state index in [0.29, 0.717) is 17.9 Å². The summed E-state index contributed by atoms with van der Waals surface area (Å²) in [5.41, 5.74) is 3.04. The average molecular weight is 367 g/mol. The van der Waals surface area contributed by atoms with Crippen LogP contribution in [0, 0.1) is 0 Å². The van der Waals surface area contributed by atoms with Crippen molar-refractivity contribution in [2.75, 3.05) is 20.1 Å². The van der Waals surface area contributed by atoms with Crippen LogP contribution in [0.1, 0.15) is 43.4 Å². The molecule has 2 aliphatic rings. The second kappa shape index (κ2) is 6.98. The molecular formula is C22H25NO4. The third-order valence-corrected chi connectivity index (χ3v) is 5.77. The van der Waals surface area contributed by atoms with Crippen molar-refractivity contribution in [3.63, 3.8) is 0 Å². The molecule has 2 atom stereocenters. The van der Waals surface area contributed by atoms with Gasteiger partial charge in [-0.2, -0.15) is 0 Å². The molecule has 0 spiro atoms. The van der Waals surface area contributed by atoms with Gasteiger partial charge in [0.05, 0.1) is 6.10 Å². The van der Waals surface area contributed by atoms with Crippen LogP contribution in [0.5, 0.6) is 5.75 Å². The largest absolute Gasteiger partial charge is 0.507 e. The normalized spacial score (nSPS) is 24.0. The van der Waals surface area contributed by atoms with Gasteiger partial charge < -0.3 is 19.5 Å². The Morgan fingerprint density at radius 2 is 2.11 bits per heavy atom. The Balaban J connectivity index is 1.92. The van der Waals surface area contributed by atoms with Crippen molar-refractivity contribution in [3.05, 3.63) is 57.5 Å². The van der Waals surface area contributed by atoms with Gasteiger partial charge in [-0.05, 0) is 45.8 Å². The molecule has 4 rings (SSSR count). The van der Waals surface area contributed by atoms with Gasteiger partial charge in [0.2, 0.25) is 0 Å². The van der Waals surface area contributed by atoms with Gasteiger partial charge in [-0.15, -0.1) is 0 Å². The molecule has 0 radical (unpaired) electrons. The second-order valence-corrected chi connectivity index (χ2v) is 7.71. The van der Waals surface area contributed by atoms with E-state index in [2.05, 4.69) is 11.0 Å². The lowest BCUT2D eigenvalue weighted by Crippen LogP contribution is -2.40. The summed E-state index contributed by atoms with van der Waals surface area (Å²) in [5, 5.41) is 21.1. The molecule has 0 saturated carbocycles. The molecule has 1 fully saturated rings. The van der Waals surface area contributed by atoms with Gasteiger partial charge >= 0.3 is 0 Å². The molecule has 2 aromatic rings. The van der Waals surface area contributed by atoms with E-state index in [-0.39, 0.29) is 22.5 Å². The van der Waals surface area contributed by atoms with E-state index >= 15 is 0 Å². The van der Waals surface area contributed by atoms with E-state index in [1.54, 1.807) is 6.07 Å². The van der Waals surface area contributed by atoms with Crippen LogP contribution in [0.3, 0.4) is 0 Å². The number of piperidine rings is 1. The van der Waals surface area contributed by atoms with Crippen LogP contribution in [0.15, 0.2) is 45.1 Å². The van der Waals surface area contributed by atoms with Crippen molar-refractivity contribution < 1.29 is 14.6 Å². The van der Waals surface area contributed by atoms with Crippen LogP contribution in [0.25, 0.3) is 16.5 Å². The number of allylic oxidation sites excluding steroid dienone is 4. The highest BCUT2D eigenvalue weighted by molar-refractivity contribution is 5.88. The van der Waals surface area contributed by atoms with Gasteiger partial charge in [-0.3, -0.25) is 4.79 Å². The number of aliphatic hydroxyl groups is 1. The predicted octanol–water partition coefficient (Wildman–Crippen LogP) is 3.40. The summed E-state index contributed by atoms with van der Waals surface area (Å²) in [7, 11) is 1.98. The molecule has 1 aliphatic heterocycles. The number of hydrogen-bond acceptors (Lipinski definition) is 5. The highest BCUT2D eigenvalue weighted by Crippen LogP contribution is 2.37. The summed E-state index contributed by atoms with van der Waals surface area (Å²) >= 11 is 0. The number of phenolic OH excluding ortho intramolecular Hbond substituents is 1. The number of likely N-dealkylation sites (N-methyl/N-ethyl adjacent to an activating group) is 1. The average Bonchev–Trinajstić information content (AvgIpc) is 2.63. The Bertz CT molecular complexity index is 1000. The molecular weight excluding hydrogens is 342 g/mol. The molecule has 27 heavy (non-hydrogen) atoms. The summed E-state index contributed by atoms with van der Waals surface area (Å²) in [6.07, 6.45) is 6.23. The van der Waals surface area contributed by atoms with Crippen molar-refractivity contribution in [1.82, 2.24) is 4.90 Å². The zero-order valence-corrected chi connectivity index (χ0v) is 15.7. The fraction of sp³-hybridized carbons (Fsp3) is 0.409. The lowest BCUT2D eigenvalue weighted by atomic mass is 9.86. The summed E-state index contributed by atoms with van der Waals surface area (Å²) in [5.74, 6) is 0.316. The minimum absolute atomic E-state index is 0.0821. The van der Waals surface area contributed by atoms with Crippen LogP contribution in [-0.4, -0.2) is 41.4 Å². The molecule has 1 aliphatic carbocycles. The number of fused-ring (bicyclic) bond motifs is 1. The SMILES string of the molecule is CC1=C(c2cc(=O)c3c(O)ccc(C4CCN(C)CC4O)c3o2)C=CCC1. The second-order valence-electron chi connectivity index (χ2n) is 7.71. The van der Waals surface area contributed by atoms with E-state index in [0.717, 1.165) is 36.9 Å². The number of nitrogens with zero attached hydrogens (tertiary/aromatic N) is 1. The van der Waals surface area contributed by atoms with Gasteiger partial charge in [0.1, 0.15) is 22.5 Å². The first kappa shape index (κ1) is 18.0. The maximum absolute atomic E-state index is 12.8.